The molecule has 1 rings (SSSR count). The maximum Gasteiger partial charge on any atom is 0.303 e. The number of rotatable bonds is 2. The van der Waals surface area contributed by atoms with Crippen molar-refractivity contribution in [3.8, 4) is 0 Å². The summed E-state index contributed by atoms with van der Waals surface area (Å²) in [4.78, 5) is 0. The first-order chi connectivity index (χ1) is 6.58. The summed E-state index contributed by atoms with van der Waals surface area (Å²) < 4.78 is 22.1. The van der Waals surface area contributed by atoms with Crippen LogP contribution in [0.25, 0.3) is 0 Å². The normalized spacial score (nSPS) is 30.6. The maximum absolute atomic E-state index is 5.70. The van der Waals surface area contributed by atoms with Gasteiger partial charge in [-0.1, -0.05) is 20.8 Å². The highest BCUT2D eigenvalue weighted by atomic mass is 28.4. The molecule has 0 aromatic rings. The molecule has 0 aromatic heterocycles. The van der Waals surface area contributed by atoms with Crippen molar-refractivity contribution in [2.75, 3.05) is 0 Å². The van der Waals surface area contributed by atoms with Crippen LogP contribution < -0.4 is 0 Å². The van der Waals surface area contributed by atoms with E-state index in [1.165, 1.54) is 6.42 Å². The van der Waals surface area contributed by atoms with E-state index >= 15 is 0 Å². The fraction of sp³-hybridized carbons (Fsp3) is 1.00. The molecule has 0 unspecified atom stereocenters. The molecule has 0 N–H and O–H groups in total. The van der Waals surface area contributed by atoms with Crippen molar-refractivity contribution in [1.82, 2.24) is 0 Å². The minimum absolute atomic E-state index is 0.377. The van der Waals surface area contributed by atoms with E-state index in [2.05, 4.69) is 20.8 Å². The Bertz CT molecular complexity index is 154. The lowest BCUT2D eigenvalue weighted by molar-refractivity contribution is 0.315. The summed E-state index contributed by atoms with van der Waals surface area (Å²) in [7, 11) is -3.65. The Morgan fingerprint density at radius 2 is 1.57 bits per heavy atom. The lowest BCUT2D eigenvalue weighted by atomic mass is 9.94. The standard InChI is InChI=1S/C6H20O4Si4/c1-6(2,3)4-5-14-9-12-7-11-8-13-10-14/h14H,4-5,11-13H2,1-3H3. The summed E-state index contributed by atoms with van der Waals surface area (Å²) in [6.07, 6.45) is 1.17. The second-order valence-electron chi connectivity index (χ2n) is 4.62. The van der Waals surface area contributed by atoms with Crippen molar-refractivity contribution in [3.05, 3.63) is 0 Å². The van der Waals surface area contributed by atoms with Crippen LogP contribution in [0.2, 0.25) is 6.04 Å². The van der Waals surface area contributed by atoms with Crippen LogP contribution in [0.1, 0.15) is 27.2 Å². The predicted octanol–water partition coefficient (Wildman–Crippen LogP) is -1.28. The Morgan fingerprint density at radius 3 is 2.07 bits per heavy atom. The van der Waals surface area contributed by atoms with Gasteiger partial charge < -0.3 is 16.5 Å². The molecular weight excluding hydrogens is 248 g/mol. The highest BCUT2D eigenvalue weighted by Gasteiger charge is 2.19. The molecule has 0 radical (unpaired) electrons. The monoisotopic (exact) mass is 268 g/mol. The van der Waals surface area contributed by atoms with Crippen molar-refractivity contribution < 1.29 is 16.5 Å². The van der Waals surface area contributed by atoms with Crippen molar-refractivity contribution in [3.63, 3.8) is 0 Å². The van der Waals surface area contributed by atoms with Gasteiger partial charge in [0, 0.05) is 0 Å². The molecule has 0 atom stereocenters. The topological polar surface area (TPSA) is 36.9 Å². The largest absolute Gasteiger partial charge is 0.425 e. The Hall–Kier alpha value is 0.708. The van der Waals surface area contributed by atoms with Gasteiger partial charge in [0.25, 0.3) is 30.0 Å². The van der Waals surface area contributed by atoms with Gasteiger partial charge in [-0.3, -0.25) is 0 Å². The molecule has 0 saturated carbocycles. The Labute approximate surface area is 94.7 Å². The molecule has 0 aliphatic carbocycles. The molecule has 1 aliphatic rings. The third-order valence-electron chi connectivity index (χ3n) is 1.97. The van der Waals surface area contributed by atoms with E-state index in [1.54, 1.807) is 0 Å². The molecule has 1 saturated heterocycles. The van der Waals surface area contributed by atoms with E-state index in [-0.39, 0.29) is 0 Å². The highest BCUT2D eigenvalue weighted by molar-refractivity contribution is 6.59. The average molecular weight is 269 g/mol. The van der Waals surface area contributed by atoms with Crippen LogP contribution in [0.15, 0.2) is 0 Å². The Kier molecular flexibility index (Phi) is 5.77. The minimum Gasteiger partial charge on any atom is -0.425 e. The summed E-state index contributed by atoms with van der Waals surface area (Å²) >= 11 is 0. The van der Waals surface area contributed by atoms with E-state index in [0.29, 0.717) is 5.41 Å². The zero-order valence-electron chi connectivity index (χ0n) is 9.25. The molecule has 1 fully saturated rings. The van der Waals surface area contributed by atoms with E-state index in [9.17, 15) is 0 Å². The number of hydrogen-bond acceptors (Lipinski definition) is 4. The average Bonchev–Trinajstić information content (AvgIpc) is 2.00. The highest BCUT2D eigenvalue weighted by Crippen LogP contribution is 2.22. The van der Waals surface area contributed by atoms with Crippen LogP contribution in [0.3, 0.4) is 0 Å². The first kappa shape index (κ1) is 12.8. The van der Waals surface area contributed by atoms with Crippen molar-refractivity contribution in [2.24, 2.45) is 5.41 Å². The van der Waals surface area contributed by atoms with E-state index in [1.807, 2.05) is 0 Å². The molecule has 1 aliphatic heterocycles. The molecule has 0 amide bonds. The quantitative estimate of drug-likeness (QED) is 0.585. The van der Waals surface area contributed by atoms with Gasteiger partial charge in [0.2, 0.25) is 0 Å². The molecule has 1 heterocycles. The summed E-state index contributed by atoms with van der Waals surface area (Å²) in [6.45, 7) is 6.75. The summed E-state index contributed by atoms with van der Waals surface area (Å²) in [5.74, 6) is 0. The van der Waals surface area contributed by atoms with Crippen LogP contribution >= 0.6 is 0 Å². The lowest BCUT2D eigenvalue weighted by Gasteiger charge is -2.24. The third-order valence-corrected chi connectivity index (χ3v) is 9.46. The minimum atomic E-state index is -1.40. The first-order valence-electron chi connectivity index (χ1n) is 4.97. The van der Waals surface area contributed by atoms with E-state index in [4.69, 9.17) is 16.5 Å². The molecule has 84 valence electrons. The predicted molar refractivity (Wildman–Crippen MR) is 66.0 cm³/mol. The maximum atomic E-state index is 5.70. The number of hydrogen-bond donors (Lipinski definition) is 0. The summed E-state index contributed by atoms with van der Waals surface area (Å²) in [5.41, 5.74) is 0.377. The van der Waals surface area contributed by atoms with Gasteiger partial charge in [0.15, 0.2) is 0 Å². The van der Waals surface area contributed by atoms with Gasteiger partial charge in [-0.2, -0.15) is 0 Å². The van der Waals surface area contributed by atoms with Gasteiger partial charge in [-0.25, -0.2) is 0 Å². The third kappa shape index (κ3) is 6.24. The lowest BCUT2D eigenvalue weighted by Crippen LogP contribution is -2.33. The van der Waals surface area contributed by atoms with Crippen molar-refractivity contribution >= 4 is 39.3 Å². The zero-order chi connectivity index (χ0) is 10.4. The molecule has 4 nitrogen and oxygen atoms in total. The molecule has 14 heavy (non-hydrogen) atoms. The summed E-state index contributed by atoms with van der Waals surface area (Å²) in [6, 6.07) is 1.10. The smallest absolute Gasteiger partial charge is 0.303 e. The van der Waals surface area contributed by atoms with Gasteiger partial charge in [-0.15, -0.1) is 0 Å². The van der Waals surface area contributed by atoms with Crippen LogP contribution in [-0.4, -0.2) is 39.3 Å². The molecule has 0 aromatic carbocycles. The fourth-order valence-corrected chi connectivity index (χ4v) is 10.6. The van der Waals surface area contributed by atoms with Crippen LogP contribution in [-0.2, 0) is 16.5 Å². The molecule has 0 spiro atoms. The van der Waals surface area contributed by atoms with Crippen LogP contribution in [0.4, 0.5) is 0 Å². The van der Waals surface area contributed by atoms with Crippen molar-refractivity contribution in [2.45, 2.75) is 33.2 Å². The van der Waals surface area contributed by atoms with E-state index < -0.39 is 39.3 Å². The van der Waals surface area contributed by atoms with Gasteiger partial charge in [0.05, 0.1) is 0 Å². The van der Waals surface area contributed by atoms with Crippen LogP contribution in [0, 0.1) is 5.41 Å². The van der Waals surface area contributed by atoms with Crippen LogP contribution in [0.5, 0.6) is 0 Å². The van der Waals surface area contributed by atoms with Gasteiger partial charge in [-0.05, 0) is 17.9 Å². The van der Waals surface area contributed by atoms with E-state index in [0.717, 1.165) is 6.04 Å². The van der Waals surface area contributed by atoms with Gasteiger partial charge >= 0.3 is 9.28 Å². The molecule has 0 bridgehead atoms. The Morgan fingerprint density at radius 1 is 1.00 bits per heavy atom. The Balaban J connectivity index is 2.20. The fourth-order valence-electron chi connectivity index (χ4n) is 1.14. The second-order valence-corrected chi connectivity index (χ2v) is 12.7. The second kappa shape index (κ2) is 6.32. The molecule has 8 heteroatoms. The first-order valence-corrected chi connectivity index (χ1v) is 10.2. The molecular formula is C6H20O4Si4. The van der Waals surface area contributed by atoms with Crippen molar-refractivity contribution in [1.29, 1.82) is 0 Å². The summed E-state index contributed by atoms with van der Waals surface area (Å²) in [5, 5.41) is 0. The SMILES string of the molecule is CC(C)(C)CC[SiH]1O[SiH2]O[SiH2]O[SiH2]O1. The van der Waals surface area contributed by atoms with Gasteiger partial charge in [0.1, 0.15) is 0 Å². The zero-order valence-corrected chi connectivity index (χ0v) is 14.6.